The highest BCUT2D eigenvalue weighted by molar-refractivity contribution is 5.03. The summed E-state index contributed by atoms with van der Waals surface area (Å²) in [5, 5.41) is 0. The van der Waals surface area contributed by atoms with Crippen LogP contribution in [0, 0.1) is 17.8 Å². The minimum absolute atomic E-state index is 0.775. The van der Waals surface area contributed by atoms with Crippen LogP contribution in [0.3, 0.4) is 0 Å². The Kier molecular flexibility index (Phi) is 17.6. The van der Waals surface area contributed by atoms with Crippen molar-refractivity contribution in [2.24, 2.45) is 17.8 Å². The van der Waals surface area contributed by atoms with Crippen molar-refractivity contribution in [1.82, 2.24) is 19.7 Å². The molecule has 3 heterocycles. The molecule has 34 heavy (non-hydrogen) atoms. The molecular weight excluding hydrogens is 416 g/mol. The molecular formula is C30H58N4. The molecule has 0 aromatic carbocycles. The van der Waals surface area contributed by atoms with Crippen LogP contribution in [0.1, 0.15) is 85.8 Å². The summed E-state index contributed by atoms with van der Waals surface area (Å²) < 4.78 is 0. The zero-order valence-corrected chi connectivity index (χ0v) is 23.9. The molecule has 0 aliphatic carbocycles. The number of hydrogen-bond acceptors (Lipinski definition) is 4. The molecule has 0 saturated carbocycles. The molecule has 2 aliphatic heterocycles. The molecule has 4 heteroatoms. The molecule has 0 spiro atoms. The predicted molar refractivity (Wildman–Crippen MR) is 151 cm³/mol. The molecule has 2 saturated heterocycles. The third kappa shape index (κ3) is 17.5. The third-order valence-corrected chi connectivity index (χ3v) is 6.79. The van der Waals surface area contributed by atoms with Crippen LogP contribution in [0.5, 0.6) is 0 Å². The van der Waals surface area contributed by atoms with Gasteiger partial charge >= 0.3 is 0 Å². The molecule has 0 atom stereocenters. The highest BCUT2D eigenvalue weighted by Gasteiger charge is 2.13. The van der Waals surface area contributed by atoms with Crippen LogP contribution in [0.2, 0.25) is 0 Å². The van der Waals surface area contributed by atoms with Crippen molar-refractivity contribution >= 4 is 0 Å². The first-order valence-corrected chi connectivity index (χ1v) is 14.3. The topological polar surface area (TPSA) is 22.6 Å². The van der Waals surface area contributed by atoms with Crippen LogP contribution in [-0.2, 0) is 6.42 Å². The van der Waals surface area contributed by atoms with E-state index in [0.29, 0.717) is 0 Å². The lowest BCUT2D eigenvalue weighted by molar-refractivity contribution is 0.148. The first-order chi connectivity index (χ1) is 16.3. The maximum atomic E-state index is 4.25. The zero-order chi connectivity index (χ0) is 25.2. The van der Waals surface area contributed by atoms with Gasteiger partial charge in [-0.25, -0.2) is 0 Å². The fraction of sp³-hybridized carbons (Fsp3) is 0.833. The lowest BCUT2D eigenvalue weighted by Crippen LogP contribution is -2.44. The summed E-state index contributed by atoms with van der Waals surface area (Å²) in [6.45, 7) is 24.1. The van der Waals surface area contributed by atoms with Gasteiger partial charge in [0.2, 0.25) is 0 Å². The van der Waals surface area contributed by atoms with Gasteiger partial charge in [-0.1, -0.05) is 54.0 Å². The highest BCUT2D eigenvalue weighted by atomic mass is 15.2. The summed E-state index contributed by atoms with van der Waals surface area (Å²) in [7, 11) is 2.21. The Morgan fingerprint density at radius 3 is 1.68 bits per heavy atom. The number of hydrogen-bond donors (Lipinski definition) is 0. The van der Waals surface area contributed by atoms with Gasteiger partial charge in [0.1, 0.15) is 0 Å². The van der Waals surface area contributed by atoms with Crippen LogP contribution in [0.4, 0.5) is 0 Å². The van der Waals surface area contributed by atoms with Gasteiger partial charge in [-0.2, -0.15) is 0 Å². The summed E-state index contributed by atoms with van der Waals surface area (Å²) in [4.78, 5) is 11.9. The van der Waals surface area contributed by atoms with Gasteiger partial charge < -0.3 is 14.7 Å². The Morgan fingerprint density at radius 2 is 1.21 bits per heavy atom. The molecule has 1 aromatic heterocycles. The fourth-order valence-corrected chi connectivity index (χ4v) is 4.12. The normalized spacial score (nSPS) is 17.9. The van der Waals surface area contributed by atoms with Gasteiger partial charge in [-0.05, 0) is 102 Å². The molecule has 0 N–H and O–H groups in total. The summed E-state index contributed by atoms with van der Waals surface area (Å²) in [6, 6.07) is 6.09. The second-order valence-corrected chi connectivity index (χ2v) is 11.7. The average molecular weight is 475 g/mol. The van der Waals surface area contributed by atoms with Gasteiger partial charge in [-0.15, -0.1) is 0 Å². The third-order valence-electron chi connectivity index (χ3n) is 6.79. The smallest absolute Gasteiger partial charge is 0.0403 e. The largest absolute Gasteiger partial charge is 0.304 e. The van der Waals surface area contributed by atoms with Crippen molar-refractivity contribution in [1.29, 1.82) is 0 Å². The molecule has 0 unspecified atom stereocenters. The van der Waals surface area contributed by atoms with Crippen molar-refractivity contribution < 1.29 is 0 Å². The van der Waals surface area contributed by atoms with Gasteiger partial charge in [0, 0.05) is 38.1 Å². The van der Waals surface area contributed by atoms with Gasteiger partial charge in [0.15, 0.2) is 0 Å². The molecule has 0 bridgehead atoms. The number of aryl methyl sites for hydroxylation is 1. The van der Waals surface area contributed by atoms with Crippen LogP contribution in [0.25, 0.3) is 0 Å². The van der Waals surface area contributed by atoms with E-state index in [9.17, 15) is 0 Å². The maximum Gasteiger partial charge on any atom is 0.0403 e. The lowest BCUT2D eigenvalue weighted by Gasteiger charge is -2.32. The van der Waals surface area contributed by atoms with Crippen LogP contribution in [-0.4, -0.2) is 79.1 Å². The average Bonchev–Trinajstić information content (AvgIpc) is 2.83. The van der Waals surface area contributed by atoms with E-state index < -0.39 is 0 Å². The minimum Gasteiger partial charge on any atom is -0.304 e. The predicted octanol–water partition coefficient (Wildman–Crippen LogP) is 6.47. The fourth-order valence-electron chi connectivity index (χ4n) is 4.12. The van der Waals surface area contributed by atoms with E-state index >= 15 is 0 Å². The summed E-state index contributed by atoms with van der Waals surface area (Å²) in [5.41, 5.74) is 1.21. The molecule has 3 rings (SSSR count). The molecule has 2 fully saturated rings. The maximum absolute atomic E-state index is 4.25. The Labute approximate surface area is 213 Å². The number of nitrogens with zero attached hydrogens (tertiary/aromatic N) is 4. The van der Waals surface area contributed by atoms with E-state index in [4.69, 9.17) is 0 Å². The zero-order valence-electron chi connectivity index (χ0n) is 23.9. The molecule has 4 nitrogen and oxygen atoms in total. The Hall–Kier alpha value is -0.970. The van der Waals surface area contributed by atoms with E-state index in [1.165, 1.54) is 96.6 Å². The van der Waals surface area contributed by atoms with Gasteiger partial charge in [-0.3, -0.25) is 4.98 Å². The molecule has 2 aliphatic rings. The Balaban J connectivity index is 0.000000255. The van der Waals surface area contributed by atoms with E-state index in [2.05, 4.69) is 74.3 Å². The quantitative estimate of drug-likeness (QED) is 0.409. The van der Waals surface area contributed by atoms with E-state index in [1.54, 1.807) is 0 Å². The highest BCUT2D eigenvalue weighted by Crippen LogP contribution is 2.10. The first kappa shape index (κ1) is 31.1. The SMILES string of the molecule is CC(C)CCN1CCCCC1.CC(C)CCN1CCN(C)CC1.CC(C)CCc1ccccn1. The number of piperazine rings is 1. The Bertz CT molecular complexity index is 558. The van der Waals surface area contributed by atoms with Crippen LogP contribution < -0.4 is 0 Å². The molecule has 0 radical (unpaired) electrons. The van der Waals surface area contributed by atoms with Crippen molar-refractivity contribution in [2.45, 2.75) is 86.5 Å². The summed E-state index contributed by atoms with van der Waals surface area (Å²) in [5.74, 6) is 2.50. The van der Waals surface area contributed by atoms with Gasteiger partial charge in [0.25, 0.3) is 0 Å². The minimum atomic E-state index is 0.775. The molecule has 1 aromatic rings. The second-order valence-electron chi connectivity index (χ2n) is 11.7. The van der Waals surface area contributed by atoms with Crippen LogP contribution in [0.15, 0.2) is 24.4 Å². The number of rotatable bonds is 9. The van der Waals surface area contributed by atoms with Crippen LogP contribution >= 0.6 is 0 Å². The second kappa shape index (κ2) is 19.2. The molecule has 198 valence electrons. The number of likely N-dealkylation sites (tertiary alicyclic amines) is 1. The van der Waals surface area contributed by atoms with Crippen molar-refractivity contribution in [3.63, 3.8) is 0 Å². The van der Waals surface area contributed by atoms with Crippen molar-refractivity contribution in [2.75, 3.05) is 59.4 Å². The first-order valence-electron chi connectivity index (χ1n) is 14.3. The number of aromatic nitrogens is 1. The number of likely N-dealkylation sites (N-methyl/N-ethyl adjacent to an activating group) is 1. The lowest BCUT2D eigenvalue weighted by atomic mass is 10.1. The van der Waals surface area contributed by atoms with E-state index in [0.717, 1.165) is 24.2 Å². The number of piperidine rings is 1. The standard InChI is InChI=1S/C10H22N2.C10H15N.C10H21N/c1-10(2)4-5-12-8-6-11(3)7-9-12;1-9(2)6-7-10-5-3-4-8-11-10;1-10(2)6-9-11-7-4-3-5-8-11/h10H,4-9H2,1-3H3;3-5,8-9H,6-7H2,1-2H3;10H,3-9H2,1-2H3. The monoisotopic (exact) mass is 474 g/mol. The van der Waals surface area contributed by atoms with E-state index in [-0.39, 0.29) is 0 Å². The van der Waals surface area contributed by atoms with Crippen molar-refractivity contribution in [3.8, 4) is 0 Å². The van der Waals surface area contributed by atoms with Gasteiger partial charge in [0.05, 0.1) is 0 Å². The summed E-state index contributed by atoms with van der Waals surface area (Å²) >= 11 is 0. The van der Waals surface area contributed by atoms with E-state index in [1.807, 2.05) is 18.3 Å². The molecule has 0 amide bonds. The summed E-state index contributed by atoms with van der Waals surface area (Å²) in [6.07, 6.45) is 11.2. The van der Waals surface area contributed by atoms with Crippen molar-refractivity contribution in [3.05, 3.63) is 30.1 Å². The number of pyridine rings is 1. The Morgan fingerprint density at radius 1 is 0.676 bits per heavy atom.